The summed E-state index contributed by atoms with van der Waals surface area (Å²) in [5.74, 6) is 0. The van der Waals surface area contributed by atoms with Crippen LogP contribution in [0.3, 0.4) is 0 Å². The first-order valence-electron chi connectivity index (χ1n) is 10.0. The monoisotopic (exact) mass is 308 g/mol. The van der Waals surface area contributed by atoms with Crippen LogP contribution in [0.4, 0.5) is 0 Å². The first-order chi connectivity index (χ1) is 10.8. The second-order valence-corrected chi connectivity index (χ2v) is 6.82. The molecule has 0 spiro atoms. The average molecular weight is 309 g/mol. The molecule has 0 saturated heterocycles. The summed E-state index contributed by atoms with van der Waals surface area (Å²) in [5, 5.41) is 0. The maximum atomic E-state index is 2.57. The van der Waals surface area contributed by atoms with Gasteiger partial charge in [0.25, 0.3) is 0 Å². The van der Waals surface area contributed by atoms with Crippen molar-refractivity contribution in [2.24, 2.45) is 0 Å². The molecule has 1 atom stereocenters. The van der Waals surface area contributed by atoms with E-state index in [4.69, 9.17) is 0 Å². The third-order valence-electron chi connectivity index (χ3n) is 4.92. The van der Waals surface area contributed by atoms with Crippen LogP contribution < -0.4 is 0 Å². The topological polar surface area (TPSA) is 6.48 Å². The van der Waals surface area contributed by atoms with Crippen LogP contribution in [0.25, 0.3) is 0 Å². The molecule has 1 rings (SSSR count). The van der Waals surface area contributed by atoms with E-state index in [1.54, 1.807) is 0 Å². The van der Waals surface area contributed by atoms with Gasteiger partial charge in [-0.25, -0.2) is 0 Å². The molecular weight excluding hydrogens is 268 g/mol. The highest BCUT2D eigenvalue weighted by Gasteiger charge is 2.23. The van der Waals surface area contributed by atoms with Crippen molar-refractivity contribution >= 4 is 0 Å². The van der Waals surface area contributed by atoms with E-state index in [-0.39, 0.29) is 0 Å². The second kappa shape index (κ2) is 12.8. The van der Waals surface area contributed by atoms with Crippen molar-refractivity contribution in [2.75, 3.05) is 13.1 Å². The third-order valence-corrected chi connectivity index (χ3v) is 4.92. The van der Waals surface area contributed by atoms with Gasteiger partial charge in [-0.3, -0.25) is 0 Å². The normalized spacial score (nSPS) is 17.7. The van der Waals surface area contributed by atoms with E-state index in [0.717, 1.165) is 6.54 Å². The minimum absolute atomic E-state index is 0.640. The molecule has 0 N–H and O–H groups in total. The van der Waals surface area contributed by atoms with Gasteiger partial charge in [0.15, 0.2) is 0 Å². The summed E-state index contributed by atoms with van der Waals surface area (Å²) in [6.07, 6.45) is 22.0. The Morgan fingerprint density at radius 2 is 1.18 bits per heavy atom. The van der Waals surface area contributed by atoms with E-state index >= 15 is 0 Å². The van der Waals surface area contributed by atoms with Crippen molar-refractivity contribution < 1.29 is 0 Å². The number of hydrogen-bond donors (Lipinski definition) is 0. The van der Waals surface area contributed by atoms with E-state index in [0.29, 0.717) is 6.17 Å². The fourth-order valence-corrected chi connectivity index (χ4v) is 3.41. The quantitative estimate of drug-likeness (QED) is 0.355. The predicted octanol–water partition coefficient (Wildman–Crippen LogP) is 6.14. The van der Waals surface area contributed by atoms with Crippen LogP contribution in [0, 0.1) is 0 Å². The molecule has 0 bridgehead atoms. The molecule has 1 aliphatic heterocycles. The summed E-state index contributed by atoms with van der Waals surface area (Å²) in [6.45, 7) is 9.22. The molecular formula is C20H40N2. The van der Waals surface area contributed by atoms with E-state index in [9.17, 15) is 0 Å². The maximum Gasteiger partial charge on any atom is 0.101 e. The third kappa shape index (κ3) is 7.56. The molecule has 0 radical (unpaired) electrons. The van der Waals surface area contributed by atoms with Gasteiger partial charge >= 0.3 is 0 Å². The number of nitrogens with zero attached hydrogens (tertiary/aromatic N) is 2. The standard InChI is InChI=1S/C20H40N2/c1-4-7-9-10-11-12-13-14-15-16-20-21(6-3)18-19-22(20)17-8-5-2/h18-20H,4-17H2,1-3H3. The first kappa shape index (κ1) is 19.4. The molecule has 130 valence electrons. The van der Waals surface area contributed by atoms with Crippen molar-refractivity contribution in [3.05, 3.63) is 12.4 Å². The molecule has 1 heterocycles. The van der Waals surface area contributed by atoms with Crippen LogP contribution in [0.15, 0.2) is 12.4 Å². The van der Waals surface area contributed by atoms with Crippen LogP contribution >= 0.6 is 0 Å². The molecule has 0 saturated carbocycles. The van der Waals surface area contributed by atoms with Crippen molar-refractivity contribution in [3.63, 3.8) is 0 Å². The van der Waals surface area contributed by atoms with Crippen LogP contribution in [-0.2, 0) is 0 Å². The van der Waals surface area contributed by atoms with Crippen molar-refractivity contribution in [1.29, 1.82) is 0 Å². The summed E-state index contributed by atoms with van der Waals surface area (Å²) in [4.78, 5) is 5.08. The molecule has 0 amide bonds. The van der Waals surface area contributed by atoms with Gasteiger partial charge in [-0.05, 0) is 26.2 Å². The van der Waals surface area contributed by atoms with Gasteiger partial charge in [0.05, 0.1) is 0 Å². The molecule has 0 aromatic carbocycles. The second-order valence-electron chi connectivity index (χ2n) is 6.82. The Hall–Kier alpha value is -0.660. The Morgan fingerprint density at radius 3 is 1.77 bits per heavy atom. The molecule has 1 aliphatic rings. The molecule has 2 nitrogen and oxygen atoms in total. The highest BCUT2D eigenvalue weighted by atomic mass is 15.4. The van der Waals surface area contributed by atoms with Gasteiger partial charge in [-0.15, -0.1) is 0 Å². The fourth-order valence-electron chi connectivity index (χ4n) is 3.41. The molecule has 2 heteroatoms. The lowest BCUT2D eigenvalue weighted by Gasteiger charge is -2.32. The summed E-state index contributed by atoms with van der Waals surface area (Å²) >= 11 is 0. The van der Waals surface area contributed by atoms with E-state index < -0.39 is 0 Å². The molecule has 22 heavy (non-hydrogen) atoms. The minimum atomic E-state index is 0.640. The summed E-state index contributed by atoms with van der Waals surface area (Å²) in [7, 11) is 0. The largest absolute Gasteiger partial charge is 0.356 e. The van der Waals surface area contributed by atoms with Gasteiger partial charge in [0, 0.05) is 25.5 Å². The highest BCUT2D eigenvalue weighted by Crippen LogP contribution is 2.22. The fraction of sp³-hybridized carbons (Fsp3) is 0.900. The minimum Gasteiger partial charge on any atom is -0.356 e. The van der Waals surface area contributed by atoms with Crippen LogP contribution in [0.2, 0.25) is 0 Å². The Labute approximate surface area is 139 Å². The molecule has 0 fully saturated rings. The lowest BCUT2D eigenvalue weighted by Crippen LogP contribution is -2.38. The number of unbranched alkanes of at least 4 members (excludes halogenated alkanes) is 9. The van der Waals surface area contributed by atoms with Gasteiger partial charge in [-0.1, -0.05) is 71.6 Å². The number of hydrogen-bond acceptors (Lipinski definition) is 2. The lowest BCUT2D eigenvalue weighted by molar-refractivity contribution is 0.143. The average Bonchev–Trinajstić information content (AvgIpc) is 2.93. The number of rotatable bonds is 14. The van der Waals surface area contributed by atoms with Gasteiger partial charge in [0.2, 0.25) is 0 Å². The van der Waals surface area contributed by atoms with Crippen molar-refractivity contribution in [1.82, 2.24) is 9.80 Å². The maximum absolute atomic E-state index is 2.57. The summed E-state index contributed by atoms with van der Waals surface area (Å²) < 4.78 is 0. The summed E-state index contributed by atoms with van der Waals surface area (Å²) in [5.41, 5.74) is 0. The Balaban J connectivity index is 2.08. The zero-order chi connectivity index (χ0) is 16.0. The predicted molar refractivity (Wildman–Crippen MR) is 98.8 cm³/mol. The van der Waals surface area contributed by atoms with Crippen LogP contribution in [0.5, 0.6) is 0 Å². The van der Waals surface area contributed by atoms with Gasteiger partial charge in [-0.2, -0.15) is 0 Å². The Bertz CT molecular complexity index is 275. The zero-order valence-electron chi connectivity index (χ0n) is 15.5. The highest BCUT2D eigenvalue weighted by molar-refractivity contribution is 4.96. The first-order valence-corrected chi connectivity index (χ1v) is 10.0. The van der Waals surface area contributed by atoms with E-state index in [1.165, 1.54) is 83.6 Å². The van der Waals surface area contributed by atoms with Crippen molar-refractivity contribution in [2.45, 2.75) is 104 Å². The smallest absolute Gasteiger partial charge is 0.101 e. The summed E-state index contributed by atoms with van der Waals surface area (Å²) in [6, 6.07) is 0. The molecule has 0 aromatic rings. The van der Waals surface area contributed by atoms with E-state index in [1.807, 2.05) is 0 Å². The zero-order valence-corrected chi connectivity index (χ0v) is 15.5. The van der Waals surface area contributed by atoms with Crippen LogP contribution in [-0.4, -0.2) is 29.1 Å². The van der Waals surface area contributed by atoms with Gasteiger partial charge in [0.1, 0.15) is 6.17 Å². The Morgan fingerprint density at radius 1 is 0.636 bits per heavy atom. The molecule has 1 unspecified atom stereocenters. The molecule has 0 aromatic heterocycles. The Kier molecular flexibility index (Phi) is 11.3. The van der Waals surface area contributed by atoms with Crippen LogP contribution in [0.1, 0.15) is 97.8 Å². The van der Waals surface area contributed by atoms with E-state index in [2.05, 4.69) is 43.0 Å². The van der Waals surface area contributed by atoms with Crippen molar-refractivity contribution in [3.8, 4) is 0 Å². The lowest BCUT2D eigenvalue weighted by atomic mass is 10.1. The SMILES string of the molecule is CCCCCCCCCCCC1N(CC)C=CN1CCCC. The molecule has 0 aliphatic carbocycles. The van der Waals surface area contributed by atoms with Gasteiger partial charge < -0.3 is 9.80 Å².